The van der Waals surface area contributed by atoms with Crippen molar-refractivity contribution in [2.75, 3.05) is 0 Å². The van der Waals surface area contributed by atoms with E-state index in [4.69, 9.17) is 0 Å². The summed E-state index contributed by atoms with van der Waals surface area (Å²) >= 11 is 0. The van der Waals surface area contributed by atoms with Crippen molar-refractivity contribution in [1.29, 1.82) is 0 Å². The first-order chi connectivity index (χ1) is 5.47. The highest BCUT2D eigenvalue weighted by atomic mass is 14.1. The first-order valence-electron chi connectivity index (χ1n) is 4.18. The monoisotopic (exact) mass is 144 g/mol. The van der Waals surface area contributed by atoms with E-state index < -0.39 is 0 Å². The molecule has 0 bridgehead atoms. The molecule has 0 N–H and O–H groups in total. The molecule has 0 nitrogen and oxygen atoms in total. The zero-order valence-electron chi connectivity index (χ0n) is 6.53. The van der Waals surface area contributed by atoms with E-state index in [2.05, 4.69) is 42.5 Å². The van der Waals surface area contributed by atoms with Crippen LogP contribution in [0.1, 0.15) is 24.3 Å². The Kier molecular flexibility index (Phi) is 1.76. The topological polar surface area (TPSA) is 0 Å². The average molecular weight is 144 g/mol. The van der Waals surface area contributed by atoms with Crippen molar-refractivity contribution >= 4 is 0 Å². The predicted octanol–water partition coefficient (Wildman–Crippen LogP) is 3.12. The number of benzene rings is 1. The number of allylic oxidation sites excluding steroid dienone is 2. The average Bonchev–Trinajstić information content (AvgIpc) is 2.58. The molecule has 0 heterocycles. The molecule has 0 spiro atoms. The van der Waals surface area contributed by atoms with Gasteiger partial charge in [0.1, 0.15) is 0 Å². The fraction of sp³-hybridized carbons (Fsp3) is 0.273. The van der Waals surface area contributed by atoms with Gasteiger partial charge in [0.2, 0.25) is 0 Å². The van der Waals surface area contributed by atoms with Crippen molar-refractivity contribution in [1.82, 2.24) is 0 Å². The fourth-order valence-electron chi connectivity index (χ4n) is 1.61. The summed E-state index contributed by atoms with van der Waals surface area (Å²) in [7, 11) is 0. The smallest absolute Gasteiger partial charge is 0.00209 e. The maximum absolute atomic E-state index is 2.31. The van der Waals surface area contributed by atoms with E-state index in [0.29, 0.717) is 5.92 Å². The van der Waals surface area contributed by atoms with E-state index in [0.717, 1.165) is 0 Å². The van der Waals surface area contributed by atoms with E-state index in [1.165, 1.54) is 18.4 Å². The summed E-state index contributed by atoms with van der Waals surface area (Å²) in [5, 5.41) is 0. The lowest BCUT2D eigenvalue weighted by Crippen LogP contribution is -1.88. The van der Waals surface area contributed by atoms with Crippen LogP contribution in [0.2, 0.25) is 0 Å². The molecule has 1 aromatic rings. The maximum atomic E-state index is 2.31. The SMILES string of the molecule is C1=C[C@@H](c2ccccc2)CC1. The molecule has 0 aliphatic heterocycles. The second kappa shape index (κ2) is 2.91. The van der Waals surface area contributed by atoms with Gasteiger partial charge in [-0.15, -0.1) is 0 Å². The summed E-state index contributed by atoms with van der Waals surface area (Å²) in [5.74, 6) is 0.691. The zero-order valence-corrected chi connectivity index (χ0v) is 6.53. The molecule has 56 valence electrons. The third kappa shape index (κ3) is 1.35. The van der Waals surface area contributed by atoms with Crippen molar-refractivity contribution in [3.63, 3.8) is 0 Å². The summed E-state index contributed by atoms with van der Waals surface area (Å²) in [4.78, 5) is 0. The predicted molar refractivity (Wildman–Crippen MR) is 47.6 cm³/mol. The Labute approximate surface area is 67.6 Å². The molecule has 0 unspecified atom stereocenters. The number of hydrogen-bond acceptors (Lipinski definition) is 0. The van der Waals surface area contributed by atoms with E-state index in [-0.39, 0.29) is 0 Å². The molecule has 1 atom stereocenters. The van der Waals surface area contributed by atoms with Gasteiger partial charge in [0.25, 0.3) is 0 Å². The van der Waals surface area contributed by atoms with Crippen LogP contribution in [0.3, 0.4) is 0 Å². The molecule has 0 heteroatoms. The Morgan fingerprint density at radius 2 is 1.91 bits per heavy atom. The van der Waals surface area contributed by atoms with E-state index in [1.54, 1.807) is 0 Å². The summed E-state index contributed by atoms with van der Waals surface area (Å²) in [6, 6.07) is 10.7. The summed E-state index contributed by atoms with van der Waals surface area (Å²) in [5.41, 5.74) is 1.46. The van der Waals surface area contributed by atoms with Gasteiger partial charge >= 0.3 is 0 Å². The van der Waals surface area contributed by atoms with Crippen LogP contribution in [-0.4, -0.2) is 0 Å². The fourth-order valence-corrected chi connectivity index (χ4v) is 1.61. The minimum Gasteiger partial charge on any atom is -0.0879 e. The van der Waals surface area contributed by atoms with Gasteiger partial charge in [-0.05, 0) is 18.4 Å². The van der Waals surface area contributed by atoms with E-state index in [1.807, 2.05) is 0 Å². The van der Waals surface area contributed by atoms with Crippen molar-refractivity contribution < 1.29 is 0 Å². The second-order valence-electron chi connectivity index (χ2n) is 3.02. The lowest BCUT2D eigenvalue weighted by atomic mass is 9.99. The van der Waals surface area contributed by atoms with Gasteiger partial charge in [0.05, 0.1) is 0 Å². The molecule has 1 aliphatic rings. The van der Waals surface area contributed by atoms with Gasteiger partial charge in [0.15, 0.2) is 0 Å². The minimum atomic E-state index is 0.691. The molecule has 0 saturated heterocycles. The molecule has 1 aliphatic carbocycles. The van der Waals surface area contributed by atoms with Crippen molar-refractivity contribution in [3.05, 3.63) is 48.0 Å². The largest absolute Gasteiger partial charge is 0.0879 e. The Morgan fingerprint density at radius 3 is 2.55 bits per heavy atom. The van der Waals surface area contributed by atoms with E-state index >= 15 is 0 Å². The van der Waals surface area contributed by atoms with Crippen LogP contribution in [0.5, 0.6) is 0 Å². The Morgan fingerprint density at radius 1 is 1.09 bits per heavy atom. The van der Waals surface area contributed by atoms with Crippen molar-refractivity contribution in [2.45, 2.75) is 18.8 Å². The molecular formula is C11H12. The number of hydrogen-bond donors (Lipinski definition) is 0. The zero-order chi connectivity index (χ0) is 7.52. The van der Waals surface area contributed by atoms with Gasteiger partial charge < -0.3 is 0 Å². The normalized spacial score (nSPS) is 22.4. The second-order valence-corrected chi connectivity index (χ2v) is 3.02. The highest BCUT2D eigenvalue weighted by molar-refractivity contribution is 5.25. The third-order valence-electron chi connectivity index (χ3n) is 2.24. The van der Waals surface area contributed by atoms with Crippen LogP contribution >= 0.6 is 0 Å². The number of rotatable bonds is 1. The van der Waals surface area contributed by atoms with Crippen molar-refractivity contribution in [2.24, 2.45) is 0 Å². The van der Waals surface area contributed by atoms with Gasteiger partial charge in [-0.25, -0.2) is 0 Å². The van der Waals surface area contributed by atoms with Crippen LogP contribution in [0.15, 0.2) is 42.5 Å². The van der Waals surface area contributed by atoms with Crippen LogP contribution in [-0.2, 0) is 0 Å². The molecule has 0 fully saturated rings. The third-order valence-corrected chi connectivity index (χ3v) is 2.24. The quantitative estimate of drug-likeness (QED) is 0.531. The summed E-state index contributed by atoms with van der Waals surface area (Å²) < 4.78 is 0. The summed E-state index contributed by atoms with van der Waals surface area (Å²) in [6.45, 7) is 0. The molecule has 0 saturated carbocycles. The first-order valence-corrected chi connectivity index (χ1v) is 4.18. The van der Waals surface area contributed by atoms with Crippen LogP contribution in [0.25, 0.3) is 0 Å². The highest BCUT2D eigenvalue weighted by Crippen LogP contribution is 2.27. The maximum Gasteiger partial charge on any atom is 0.00209 e. The molecule has 0 radical (unpaired) electrons. The lowest BCUT2D eigenvalue weighted by Gasteiger charge is -2.05. The lowest BCUT2D eigenvalue weighted by molar-refractivity contribution is 0.801. The van der Waals surface area contributed by atoms with Gasteiger partial charge in [-0.2, -0.15) is 0 Å². The first kappa shape index (κ1) is 6.66. The van der Waals surface area contributed by atoms with E-state index in [9.17, 15) is 0 Å². The molecule has 0 aromatic heterocycles. The summed E-state index contributed by atoms with van der Waals surface area (Å²) in [6.07, 6.45) is 7.14. The Bertz CT molecular complexity index is 246. The highest BCUT2D eigenvalue weighted by Gasteiger charge is 2.09. The van der Waals surface area contributed by atoms with Gasteiger partial charge in [-0.3, -0.25) is 0 Å². The standard InChI is InChI=1S/C11H12/c1-2-6-10(7-3-1)11-8-4-5-9-11/h1-4,6-8,11H,5,9H2/t11-/m1/s1. The van der Waals surface area contributed by atoms with Gasteiger partial charge in [0, 0.05) is 5.92 Å². The molecule has 2 rings (SSSR count). The van der Waals surface area contributed by atoms with Gasteiger partial charge in [-0.1, -0.05) is 42.5 Å². The molecular weight excluding hydrogens is 132 g/mol. The van der Waals surface area contributed by atoms with Crippen molar-refractivity contribution in [3.8, 4) is 0 Å². The van der Waals surface area contributed by atoms with Crippen LogP contribution < -0.4 is 0 Å². The molecule has 0 amide bonds. The van der Waals surface area contributed by atoms with Crippen LogP contribution in [0, 0.1) is 0 Å². The molecule has 11 heavy (non-hydrogen) atoms. The Balaban J connectivity index is 2.23. The molecule has 1 aromatic carbocycles. The minimum absolute atomic E-state index is 0.691. The Hall–Kier alpha value is -1.04. The van der Waals surface area contributed by atoms with Crippen LogP contribution in [0.4, 0.5) is 0 Å².